The van der Waals surface area contributed by atoms with Gasteiger partial charge in [0.05, 0.1) is 0 Å². The maximum atomic E-state index is 8.49. The maximum Gasteiger partial charge on any atom is 0.211 e. The Balaban J connectivity index is 0.000000324. The monoisotopic (exact) mass is 375 g/mol. The minimum absolute atomic E-state index is 0.268. The van der Waals surface area contributed by atoms with Gasteiger partial charge in [0.1, 0.15) is 0 Å². The van der Waals surface area contributed by atoms with Crippen molar-refractivity contribution in [2.24, 2.45) is 0 Å². The van der Waals surface area contributed by atoms with Crippen molar-refractivity contribution in [3.8, 4) is 0 Å². The van der Waals surface area contributed by atoms with E-state index in [4.69, 9.17) is 18.6 Å². The first-order chi connectivity index (χ1) is 11.9. The van der Waals surface area contributed by atoms with Crippen LogP contribution in [-0.4, -0.2) is 0 Å². The first-order valence-electron chi connectivity index (χ1n) is 7.37. The van der Waals surface area contributed by atoms with Gasteiger partial charge in [0.25, 0.3) is 0 Å². The van der Waals surface area contributed by atoms with Gasteiger partial charge in [-0.15, -0.1) is 10.2 Å². The second kappa shape index (κ2) is 7.53. The number of rotatable bonds is 1. The van der Waals surface area contributed by atoms with Crippen LogP contribution in [-0.2, 0) is 0 Å². The van der Waals surface area contributed by atoms with Gasteiger partial charge in [-0.25, -0.2) is 18.6 Å². The highest BCUT2D eigenvalue weighted by atomic mass is 35.7. The van der Waals surface area contributed by atoms with Crippen molar-refractivity contribution in [3.05, 3.63) is 90.3 Å². The molecule has 4 rings (SSSR count). The molecule has 0 spiro atoms. The van der Waals surface area contributed by atoms with E-state index >= 15 is 0 Å². The lowest BCUT2D eigenvalue weighted by Crippen LogP contribution is -2.68. The van der Waals surface area contributed by atoms with Crippen molar-refractivity contribution in [1.82, 2.24) is 0 Å². The number of pyridine rings is 1. The molecule has 0 atom stereocenters. The van der Waals surface area contributed by atoms with Crippen molar-refractivity contribution < 1.29 is 33.4 Å². The van der Waals surface area contributed by atoms with Crippen molar-refractivity contribution in [3.63, 3.8) is 0 Å². The minimum atomic E-state index is -4.94. The van der Waals surface area contributed by atoms with Crippen LogP contribution in [0, 0.1) is 10.2 Å². The van der Waals surface area contributed by atoms with Crippen LogP contribution in [0.25, 0.3) is 0 Å². The van der Waals surface area contributed by atoms with E-state index in [2.05, 4.69) is 83.7 Å². The third-order valence-corrected chi connectivity index (χ3v) is 4.87. The number of aromatic nitrogens is 1. The highest BCUT2D eigenvalue weighted by Crippen LogP contribution is 2.44. The Hall–Kier alpha value is -1.93. The van der Waals surface area contributed by atoms with Gasteiger partial charge in [0, 0.05) is 33.1 Å². The Labute approximate surface area is 151 Å². The minimum Gasteiger partial charge on any atom is -0.222 e. The smallest absolute Gasteiger partial charge is 0.211 e. The molecule has 0 fully saturated rings. The number of hydrogen-bond acceptors (Lipinski definition) is 5. The van der Waals surface area contributed by atoms with E-state index in [1.165, 1.54) is 20.9 Å². The Morgan fingerprint density at radius 1 is 0.680 bits per heavy atom. The number of fused-ring (bicyclic) bond motifs is 2. The van der Waals surface area contributed by atoms with Gasteiger partial charge in [-0.1, -0.05) is 54.2 Å². The molecule has 5 nitrogen and oxygen atoms in total. The Bertz CT molecular complexity index is 803. The molecule has 25 heavy (non-hydrogen) atoms. The summed E-state index contributed by atoms with van der Waals surface area (Å²) in [6.07, 6.45) is 4.29. The molecule has 1 aliphatic rings. The average molecular weight is 376 g/mol. The normalized spacial score (nSPS) is 13.3. The Morgan fingerprint density at radius 2 is 1.12 bits per heavy atom. The summed E-state index contributed by atoms with van der Waals surface area (Å²) in [7, 11) is -4.94. The largest absolute Gasteiger partial charge is 0.222 e. The SMILES string of the molecule is [O-][Cl+3]([O-])([O-])[O-].c1cc[n+](C2c3ccccc3Sc3ccccc32)cc1. The predicted molar refractivity (Wildman–Crippen MR) is 80.9 cm³/mol. The molecule has 0 amide bonds. The molecule has 0 saturated heterocycles. The van der Waals surface area contributed by atoms with Crippen LogP contribution < -0.4 is 23.2 Å². The van der Waals surface area contributed by atoms with E-state index < -0.39 is 10.2 Å². The highest BCUT2D eigenvalue weighted by molar-refractivity contribution is 7.99. The maximum absolute atomic E-state index is 8.49. The van der Waals surface area contributed by atoms with Crippen molar-refractivity contribution in [1.29, 1.82) is 0 Å². The zero-order valence-electron chi connectivity index (χ0n) is 12.9. The van der Waals surface area contributed by atoms with Gasteiger partial charge < -0.3 is 0 Å². The van der Waals surface area contributed by atoms with Gasteiger partial charge in [0.2, 0.25) is 6.04 Å². The molecular weight excluding hydrogens is 362 g/mol. The average Bonchev–Trinajstić information content (AvgIpc) is 2.59. The van der Waals surface area contributed by atoms with Crippen LogP contribution >= 0.6 is 11.8 Å². The third-order valence-electron chi connectivity index (χ3n) is 3.68. The lowest BCUT2D eigenvalue weighted by molar-refractivity contribution is -2.00. The summed E-state index contributed by atoms with van der Waals surface area (Å²) in [6.45, 7) is 0. The van der Waals surface area contributed by atoms with Crippen LogP contribution in [0.4, 0.5) is 0 Å². The first-order valence-corrected chi connectivity index (χ1v) is 9.42. The molecule has 0 aliphatic carbocycles. The lowest BCUT2D eigenvalue weighted by Gasteiger charge is -2.23. The summed E-state index contributed by atoms with van der Waals surface area (Å²) in [5.41, 5.74) is 2.76. The van der Waals surface area contributed by atoms with E-state index in [9.17, 15) is 0 Å². The topological polar surface area (TPSA) is 96.1 Å². The second-order valence-corrected chi connectivity index (χ2v) is 7.12. The summed E-state index contributed by atoms with van der Waals surface area (Å²) < 4.78 is 36.3. The first kappa shape index (κ1) is 17.9. The molecule has 0 saturated carbocycles. The molecule has 7 heteroatoms. The fourth-order valence-electron chi connectivity index (χ4n) is 2.79. The van der Waals surface area contributed by atoms with Crippen LogP contribution in [0.2, 0.25) is 0 Å². The number of benzene rings is 2. The van der Waals surface area contributed by atoms with E-state index in [0.29, 0.717) is 0 Å². The fourth-order valence-corrected chi connectivity index (χ4v) is 3.92. The Kier molecular flexibility index (Phi) is 5.39. The predicted octanol–water partition coefficient (Wildman–Crippen LogP) is -0.680. The number of nitrogens with zero attached hydrogens (tertiary/aromatic N) is 1. The Morgan fingerprint density at radius 3 is 1.60 bits per heavy atom. The number of hydrogen-bond donors (Lipinski definition) is 0. The van der Waals surface area contributed by atoms with Gasteiger partial charge in [-0.3, -0.25) is 0 Å². The summed E-state index contributed by atoms with van der Waals surface area (Å²) in [5, 5.41) is 0. The highest BCUT2D eigenvalue weighted by Gasteiger charge is 2.32. The molecule has 2 heterocycles. The molecule has 0 bridgehead atoms. The number of halogens is 1. The lowest BCUT2D eigenvalue weighted by atomic mass is 9.97. The zero-order valence-corrected chi connectivity index (χ0v) is 14.5. The standard InChI is InChI=1S/C18H14NS.ClHO4/c1-6-12-19(13-7-1)18-14-8-2-4-10-16(14)20-17-11-5-3-9-15(17)18;2-1(3,4)5/h1-13,18H;(H,2,3,4,5)/q+1;/p-1. The molecule has 3 aromatic rings. The molecule has 2 aromatic carbocycles. The van der Waals surface area contributed by atoms with Crippen molar-refractivity contribution >= 4 is 11.8 Å². The van der Waals surface area contributed by atoms with E-state index in [0.717, 1.165) is 0 Å². The van der Waals surface area contributed by atoms with Gasteiger partial charge >= 0.3 is 0 Å². The van der Waals surface area contributed by atoms with Gasteiger partial charge in [0.15, 0.2) is 12.4 Å². The molecule has 128 valence electrons. The molecule has 0 N–H and O–H groups in total. The van der Waals surface area contributed by atoms with Crippen molar-refractivity contribution in [2.45, 2.75) is 15.8 Å². The molecular formula is C18H14ClNO4S. The van der Waals surface area contributed by atoms with Gasteiger partial charge in [-0.2, -0.15) is 4.57 Å². The third kappa shape index (κ3) is 4.58. The second-order valence-electron chi connectivity index (χ2n) is 5.28. The summed E-state index contributed by atoms with van der Waals surface area (Å²) in [6, 6.07) is 23.9. The summed E-state index contributed by atoms with van der Waals surface area (Å²) >= 11 is 1.87. The van der Waals surface area contributed by atoms with Crippen molar-refractivity contribution in [2.75, 3.05) is 0 Å². The zero-order chi connectivity index (χ0) is 17.9. The van der Waals surface area contributed by atoms with E-state index in [1.807, 2.05) is 11.8 Å². The summed E-state index contributed by atoms with van der Waals surface area (Å²) in [4.78, 5) is 2.71. The van der Waals surface area contributed by atoms with Crippen LogP contribution in [0.15, 0.2) is 88.9 Å². The quantitative estimate of drug-likeness (QED) is 0.411. The molecule has 0 unspecified atom stereocenters. The molecule has 0 radical (unpaired) electrons. The van der Waals surface area contributed by atoms with Crippen LogP contribution in [0.3, 0.4) is 0 Å². The molecule has 1 aromatic heterocycles. The fraction of sp³-hybridized carbons (Fsp3) is 0.0556. The van der Waals surface area contributed by atoms with E-state index in [1.54, 1.807) is 0 Å². The molecule has 1 aliphatic heterocycles. The van der Waals surface area contributed by atoms with E-state index in [-0.39, 0.29) is 6.04 Å². The summed E-state index contributed by atoms with van der Waals surface area (Å²) in [5.74, 6) is 0. The van der Waals surface area contributed by atoms with Gasteiger partial charge in [-0.05, 0) is 12.1 Å². The van der Waals surface area contributed by atoms with Crippen LogP contribution in [0.5, 0.6) is 0 Å². The van der Waals surface area contributed by atoms with Crippen LogP contribution in [0.1, 0.15) is 17.2 Å².